The molecule has 0 amide bonds. The van der Waals surface area contributed by atoms with Crippen LogP contribution in [0.5, 0.6) is 0 Å². The molecule has 2 aliphatic rings. The minimum atomic E-state index is -0.270. The van der Waals surface area contributed by atoms with E-state index in [1.807, 2.05) is 18.0 Å². The normalized spacial score (nSPS) is 27.9. The summed E-state index contributed by atoms with van der Waals surface area (Å²) < 4.78 is 2.21. The molecular weight excluding hydrogens is 304 g/mol. The summed E-state index contributed by atoms with van der Waals surface area (Å²) in [6, 6.07) is 21.0. The van der Waals surface area contributed by atoms with Crippen LogP contribution in [0.25, 0.3) is 0 Å². The van der Waals surface area contributed by atoms with Crippen LogP contribution in [0.2, 0.25) is 0 Å². The Morgan fingerprint density at radius 3 is 2.48 bits per heavy atom. The molecule has 2 saturated heterocycles. The number of benzene rings is 2. The molecule has 2 heterocycles. The van der Waals surface area contributed by atoms with Gasteiger partial charge in [-0.15, -0.1) is 0 Å². The average molecular weight is 326 g/mol. The highest BCUT2D eigenvalue weighted by atomic mass is 32.2. The van der Waals surface area contributed by atoms with E-state index in [-0.39, 0.29) is 10.9 Å². The predicted molar refractivity (Wildman–Crippen MR) is 96.5 cm³/mol. The van der Waals surface area contributed by atoms with Crippen molar-refractivity contribution in [3.05, 3.63) is 66.2 Å². The fraction of sp³-hybridized carbons (Fsp3) is 0.368. The number of aliphatic hydroxyl groups is 1. The Morgan fingerprint density at radius 2 is 1.74 bits per heavy atom. The van der Waals surface area contributed by atoms with E-state index in [2.05, 4.69) is 63.8 Å². The summed E-state index contributed by atoms with van der Waals surface area (Å²) in [5.74, 6) is 0. The predicted octanol–water partition coefficient (Wildman–Crippen LogP) is 3.16. The van der Waals surface area contributed by atoms with Gasteiger partial charge >= 0.3 is 0 Å². The molecule has 23 heavy (non-hydrogen) atoms. The molecule has 0 saturated carbocycles. The first-order valence-electron chi connectivity index (χ1n) is 8.21. The van der Waals surface area contributed by atoms with E-state index < -0.39 is 0 Å². The molecule has 2 aliphatic heterocycles. The molecule has 2 atom stereocenters. The van der Waals surface area contributed by atoms with Gasteiger partial charge in [0.05, 0.1) is 17.4 Å². The molecule has 0 radical (unpaired) electrons. The Labute approximate surface area is 142 Å². The Hall–Kier alpha value is -1.49. The number of rotatable bonds is 3. The first-order chi connectivity index (χ1) is 11.3. The summed E-state index contributed by atoms with van der Waals surface area (Å²) in [5, 5.41) is 10.7. The zero-order valence-corrected chi connectivity index (χ0v) is 14.0. The molecule has 0 aliphatic carbocycles. The van der Waals surface area contributed by atoms with Crippen molar-refractivity contribution in [1.82, 2.24) is 4.90 Å². The standard InChI is InChI=1S/C19H22N2OS/c22-18-14-21(17-9-5-2-6-10-17)23-19(18)11-12-20(15-19)13-16-7-3-1-4-8-16/h1-10,18,22H,11-15H2. The largest absolute Gasteiger partial charge is 0.390 e. The Balaban J connectivity index is 1.45. The second-order valence-corrected chi connectivity index (χ2v) is 7.95. The van der Waals surface area contributed by atoms with Crippen LogP contribution >= 0.6 is 11.9 Å². The molecule has 2 aromatic carbocycles. The maximum Gasteiger partial charge on any atom is 0.0902 e. The quantitative estimate of drug-likeness (QED) is 0.877. The lowest BCUT2D eigenvalue weighted by Gasteiger charge is -2.26. The monoisotopic (exact) mass is 326 g/mol. The number of hydrogen-bond acceptors (Lipinski definition) is 4. The van der Waals surface area contributed by atoms with Crippen LogP contribution in [0.15, 0.2) is 60.7 Å². The van der Waals surface area contributed by atoms with Crippen molar-refractivity contribution >= 4 is 17.6 Å². The van der Waals surface area contributed by atoms with E-state index in [1.165, 1.54) is 11.3 Å². The molecule has 120 valence electrons. The SMILES string of the molecule is OC1CN(c2ccccc2)SC12CCN(Cc1ccccc1)C2. The van der Waals surface area contributed by atoms with Crippen molar-refractivity contribution < 1.29 is 5.11 Å². The smallest absolute Gasteiger partial charge is 0.0902 e. The molecule has 3 nitrogen and oxygen atoms in total. The molecule has 2 aromatic rings. The van der Waals surface area contributed by atoms with Gasteiger partial charge in [0.25, 0.3) is 0 Å². The zero-order valence-electron chi connectivity index (χ0n) is 13.1. The van der Waals surface area contributed by atoms with E-state index >= 15 is 0 Å². The maximum atomic E-state index is 10.7. The number of hydrogen-bond donors (Lipinski definition) is 1. The summed E-state index contributed by atoms with van der Waals surface area (Å²) in [7, 11) is 0. The van der Waals surface area contributed by atoms with Gasteiger partial charge in [0.2, 0.25) is 0 Å². The van der Waals surface area contributed by atoms with Gasteiger partial charge in [0, 0.05) is 25.3 Å². The number of para-hydroxylation sites is 1. The minimum Gasteiger partial charge on any atom is -0.390 e. The highest BCUT2D eigenvalue weighted by Gasteiger charge is 2.51. The molecule has 1 spiro atoms. The lowest BCUT2D eigenvalue weighted by atomic mass is 10.0. The first kappa shape index (κ1) is 15.1. The van der Waals surface area contributed by atoms with Gasteiger partial charge in [-0.25, -0.2) is 0 Å². The van der Waals surface area contributed by atoms with Gasteiger partial charge in [-0.3, -0.25) is 4.90 Å². The molecule has 0 bridgehead atoms. The van der Waals surface area contributed by atoms with Crippen LogP contribution in [0, 0.1) is 0 Å². The van der Waals surface area contributed by atoms with Crippen LogP contribution in [0.1, 0.15) is 12.0 Å². The van der Waals surface area contributed by atoms with Gasteiger partial charge in [0.1, 0.15) is 0 Å². The average Bonchev–Trinajstić information content (AvgIpc) is 3.14. The number of nitrogens with zero attached hydrogens (tertiary/aromatic N) is 2. The van der Waals surface area contributed by atoms with E-state index in [1.54, 1.807) is 0 Å². The van der Waals surface area contributed by atoms with Crippen molar-refractivity contribution in [3.63, 3.8) is 0 Å². The number of β-amino-alcohol motifs (C(OH)–C–C–N with tert-alkyl or cyclic N) is 1. The summed E-state index contributed by atoms with van der Waals surface area (Å²) in [4.78, 5) is 2.47. The zero-order chi connectivity index (χ0) is 15.7. The van der Waals surface area contributed by atoms with E-state index in [4.69, 9.17) is 0 Å². The van der Waals surface area contributed by atoms with Gasteiger partial charge in [-0.1, -0.05) is 48.5 Å². The summed E-state index contributed by atoms with van der Waals surface area (Å²) in [5.41, 5.74) is 2.54. The molecule has 4 rings (SSSR count). The van der Waals surface area contributed by atoms with Gasteiger partial charge in [-0.2, -0.15) is 0 Å². The van der Waals surface area contributed by atoms with Crippen LogP contribution in [-0.2, 0) is 6.54 Å². The van der Waals surface area contributed by atoms with E-state index in [0.717, 1.165) is 26.1 Å². The lowest BCUT2D eigenvalue weighted by molar-refractivity contribution is 0.145. The molecule has 1 N–H and O–H groups in total. The second kappa shape index (κ2) is 6.19. The lowest BCUT2D eigenvalue weighted by Crippen LogP contribution is -2.39. The van der Waals surface area contributed by atoms with Gasteiger partial charge in [-0.05, 0) is 36.1 Å². The van der Waals surface area contributed by atoms with Crippen LogP contribution < -0.4 is 4.31 Å². The van der Waals surface area contributed by atoms with Gasteiger partial charge in [0.15, 0.2) is 0 Å². The summed E-state index contributed by atoms with van der Waals surface area (Å²) in [6.45, 7) is 3.70. The first-order valence-corrected chi connectivity index (χ1v) is 8.99. The Morgan fingerprint density at radius 1 is 1.04 bits per heavy atom. The third-order valence-electron chi connectivity index (χ3n) is 4.87. The van der Waals surface area contributed by atoms with Crippen molar-refractivity contribution in [3.8, 4) is 0 Å². The number of likely N-dealkylation sites (tertiary alicyclic amines) is 1. The second-order valence-electron chi connectivity index (χ2n) is 6.51. The van der Waals surface area contributed by atoms with E-state index in [0.29, 0.717) is 6.54 Å². The summed E-state index contributed by atoms with van der Waals surface area (Å²) in [6.07, 6.45) is 0.781. The molecule has 2 unspecified atom stereocenters. The van der Waals surface area contributed by atoms with Crippen molar-refractivity contribution in [2.75, 3.05) is 23.9 Å². The van der Waals surface area contributed by atoms with Gasteiger partial charge < -0.3 is 9.41 Å². The highest BCUT2D eigenvalue weighted by molar-refractivity contribution is 8.02. The molecular formula is C19H22N2OS. The fourth-order valence-electron chi connectivity index (χ4n) is 3.60. The maximum absolute atomic E-state index is 10.7. The van der Waals surface area contributed by atoms with Crippen LogP contribution in [0.3, 0.4) is 0 Å². The van der Waals surface area contributed by atoms with Crippen molar-refractivity contribution in [2.24, 2.45) is 0 Å². The van der Waals surface area contributed by atoms with Crippen molar-refractivity contribution in [2.45, 2.75) is 23.8 Å². The third-order valence-corrected chi connectivity index (χ3v) is 6.42. The number of aliphatic hydroxyl groups excluding tert-OH is 1. The van der Waals surface area contributed by atoms with Crippen molar-refractivity contribution in [1.29, 1.82) is 0 Å². The van der Waals surface area contributed by atoms with Crippen LogP contribution in [-0.4, -0.2) is 40.5 Å². The molecule has 2 fully saturated rings. The van der Waals surface area contributed by atoms with Crippen LogP contribution in [0.4, 0.5) is 5.69 Å². The molecule has 0 aromatic heterocycles. The van der Waals surface area contributed by atoms with E-state index in [9.17, 15) is 5.11 Å². The Bertz CT molecular complexity index is 651. The Kier molecular flexibility index (Phi) is 4.05. The topological polar surface area (TPSA) is 26.7 Å². The molecule has 4 heteroatoms. The number of anilines is 1. The third kappa shape index (κ3) is 2.99. The highest BCUT2D eigenvalue weighted by Crippen LogP contribution is 2.47. The summed E-state index contributed by atoms with van der Waals surface area (Å²) >= 11 is 1.84. The fourth-order valence-corrected chi connectivity index (χ4v) is 5.10. The minimum absolute atomic E-state index is 0.0510.